The third-order valence-corrected chi connectivity index (χ3v) is 2.74. The normalized spacial score (nSPS) is 10.3. The molecule has 17 heavy (non-hydrogen) atoms. The van der Waals surface area contributed by atoms with Crippen molar-refractivity contribution in [3.63, 3.8) is 0 Å². The number of nitrogens with two attached hydrogens (primary N) is 1. The van der Waals surface area contributed by atoms with Gasteiger partial charge in [0.25, 0.3) is 0 Å². The van der Waals surface area contributed by atoms with E-state index in [1.165, 1.54) is 0 Å². The maximum absolute atomic E-state index is 6.00. The van der Waals surface area contributed by atoms with Gasteiger partial charge in [0.2, 0.25) is 0 Å². The molecule has 0 fully saturated rings. The summed E-state index contributed by atoms with van der Waals surface area (Å²) < 4.78 is 5.31. The maximum Gasteiger partial charge on any atom is 0.126 e. The number of aromatic nitrogens is 1. The number of hydrogen-bond donors (Lipinski definition) is 1. The summed E-state index contributed by atoms with van der Waals surface area (Å²) in [5.41, 5.74) is 8.45. The number of rotatable bonds is 3. The molecule has 1 aromatic heterocycles. The number of benzene rings is 1. The smallest absolute Gasteiger partial charge is 0.126 e. The summed E-state index contributed by atoms with van der Waals surface area (Å²) in [5, 5.41) is 0.666. The topological polar surface area (TPSA) is 48.1 Å². The fourth-order valence-corrected chi connectivity index (χ4v) is 1.82. The molecule has 2 aromatic rings. The molecule has 0 aliphatic rings. The van der Waals surface area contributed by atoms with Gasteiger partial charge in [-0.05, 0) is 29.8 Å². The molecule has 0 atom stereocenters. The number of halogens is 1. The Kier molecular flexibility index (Phi) is 3.61. The minimum Gasteiger partial charge on any atom is -0.496 e. The molecule has 0 amide bonds. The van der Waals surface area contributed by atoms with Gasteiger partial charge in [-0.2, -0.15) is 0 Å². The average molecular weight is 249 g/mol. The first-order valence-electron chi connectivity index (χ1n) is 5.22. The third-order valence-electron chi connectivity index (χ3n) is 2.50. The Bertz CT molecular complexity index is 529. The van der Waals surface area contributed by atoms with E-state index in [1.807, 2.05) is 18.2 Å². The van der Waals surface area contributed by atoms with Crippen molar-refractivity contribution in [2.75, 3.05) is 7.11 Å². The zero-order valence-electron chi connectivity index (χ0n) is 9.48. The Morgan fingerprint density at radius 1 is 1.29 bits per heavy atom. The number of pyridine rings is 1. The minimum absolute atomic E-state index is 0.462. The second-order valence-electron chi connectivity index (χ2n) is 3.63. The van der Waals surface area contributed by atoms with Gasteiger partial charge in [0, 0.05) is 35.1 Å². The van der Waals surface area contributed by atoms with Crippen LogP contribution in [0.1, 0.15) is 5.56 Å². The summed E-state index contributed by atoms with van der Waals surface area (Å²) in [6.45, 7) is 0.462. The van der Waals surface area contributed by atoms with Gasteiger partial charge in [-0.1, -0.05) is 11.6 Å². The van der Waals surface area contributed by atoms with Crippen LogP contribution in [-0.4, -0.2) is 12.1 Å². The van der Waals surface area contributed by atoms with Crippen molar-refractivity contribution >= 4 is 11.6 Å². The Labute approximate surface area is 105 Å². The summed E-state index contributed by atoms with van der Waals surface area (Å²) in [6, 6.07) is 7.48. The average Bonchev–Trinajstić information content (AvgIpc) is 2.39. The summed E-state index contributed by atoms with van der Waals surface area (Å²) in [4.78, 5) is 4.16. The molecule has 3 nitrogen and oxygen atoms in total. The van der Waals surface area contributed by atoms with E-state index in [1.54, 1.807) is 25.6 Å². The van der Waals surface area contributed by atoms with E-state index in [0.717, 1.165) is 22.4 Å². The van der Waals surface area contributed by atoms with Crippen LogP contribution in [0.5, 0.6) is 5.75 Å². The van der Waals surface area contributed by atoms with Crippen molar-refractivity contribution in [1.29, 1.82) is 0 Å². The predicted molar refractivity (Wildman–Crippen MR) is 69.1 cm³/mol. The molecule has 1 heterocycles. The molecule has 0 saturated carbocycles. The van der Waals surface area contributed by atoms with Gasteiger partial charge in [-0.15, -0.1) is 0 Å². The zero-order chi connectivity index (χ0) is 12.3. The molecule has 4 heteroatoms. The molecule has 2 rings (SSSR count). The molecule has 0 spiro atoms. The van der Waals surface area contributed by atoms with Crippen LogP contribution in [-0.2, 0) is 6.54 Å². The van der Waals surface area contributed by atoms with Crippen LogP contribution in [0, 0.1) is 0 Å². The molecule has 0 aliphatic heterocycles. The zero-order valence-corrected chi connectivity index (χ0v) is 10.2. The van der Waals surface area contributed by atoms with Gasteiger partial charge in [0.05, 0.1) is 7.11 Å². The van der Waals surface area contributed by atoms with Crippen LogP contribution in [0.2, 0.25) is 5.02 Å². The van der Waals surface area contributed by atoms with Gasteiger partial charge >= 0.3 is 0 Å². The Morgan fingerprint density at radius 2 is 2.12 bits per heavy atom. The van der Waals surface area contributed by atoms with Crippen LogP contribution in [0.3, 0.4) is 0 Å². The van der Waals surface area contributed by atoms with E-state index in [9.17, 15) is 0 Å². The summed E-state index contributed by atoms with van der Waals surface area (Å²) in [5.74, 6) is 0.769. The van der Waals surface area contributed by atoms with Crippen LogP contribution in [0.4, 0.5) is 0 Å². The summed E-state index contributed by atoms with van der Waals surface area (Å²) >= 11 is 6.00. The lowest BCUT2D eigenvalue weighted by Crippen LogP contribution is -1.97. The molecule has 0 aliphatic carbocycles. The van der Waals surface area contributed by atoms with Crippen LogP contribution >= 0.6 is 11.6 Å². The van der Waals surface area contributed by atoms with Crippen LogP contribution in [0.15, 0.2) is 36.7 Å². The fourth-order valence-electron chi connectivity index (χ4n) is 1.65. The van der Waals surface area contributed by atoms with Gasteiger partial charge < -0.3 is 10.5 Å². The molecule has 1 aromatic carbocycles. The fraction of sp³-hybridized carbons (Fsp3) is 0.154. The number of methoxy groups -OCH3 is 1. The van der Waals surface area contributed by atoms with Crippen LogP contribution in [0.25, 0.3) is 11.1 Å². The highest BCUT2D eigenvalue weighted by Crippen LogP contribution is 2.32. The lowest BCUT2D eigenvalue weighted by Gasteiger charge is -2.09. The van der Waals surface area contributed by atoms with Crippen molar-refractivity contribution in [2.45, 2.75) is 6.54 Å². The molecule has 2 N–H and O–H groups in total. The van der Waals surface area contributed by atoms with E-state index < -0.39 is 0 Å². The summed E-state index contributed by atoms with van der Waals surface area (Å²) in [6.07, 6.45) is 3.52. The van der Waals surface area contributed by atoms with Crippen molar-refractivity contribution in [2.24, 2.45) is 5.73 Å². The van der Waals surface area contributed by atoms with E-state index >= 15 is 0 Å². The monoisotopic (exact) mass is 248 g/mol. The Hall–Kier alpha value is -1.58. The standard InChI is InChI=1S/C13H13ClN2O/c1-17-13-3-2-11(14)5-12(13)10-4-9(6-15)7-16-8-10/h2-5,7-8H,6,15H2,1H3. The molecule has 0 radical (unpaired) electrons. The van der Waals surface area contributed by atoms with E-state index in [0.29, 0.717) is 11.6 Å². The van der Waals surface area contributed by atoms with Gasteiger partial charge in [0.1, 0.15) is 5.75 Å². The largest absolute Gasteiger partial charge is 0.496 e. The van der Waals surface area contributed by atoms with Crippen molar-refractivity contribution in [1.82, 2.24) is 4.98 Å². The molecule has 0 unspecified atom stereocenters. The molecule has 88 valence electrons. The highest BCUT2D eigenvalue weighted by Gasteiger charge is 2.07. The highest BCUT2D eigenvalue weighted by atomic mass is 35.5. The highest BCUT2D eigenvalue weighted by molar-refractivity contribution is 6.31. The Balaban J connectivity index is 2.54. The maximum atomic E-state index is 6.00. The summed E-state index contributed by atoms with van der Waals surface area (Å²) in [7, 11) is 1.63. The Morgan fingerprint density at radius 3 is 2.82 bits per heavy atom. The van der Waals surface area contributed by atoms with Crippen molar-refractivity contribution in [3.8, 4) is 16.9 Å². The first kappa shape index (κ1) is 11.9. The van der Waals surface area contributed by atoms with Gasteiger partial charge in [0.15, 0.2) is 0 Å². The number of ether oxygens (including phenoxy) is 1. The lowest BCUT2D eigenvalue weighted by atomic mass is 10.0. The van der Waals surface area contributed by atoms with Crippen LogP contribution < -0.4 is 10.5 Å². The third kappa shape index (κ3) is 2.57. The van der Waals surface area contributed by atoms with Gasteiger partial charge in [-0.25, -0.2) is 0 Å². The number of hydrogen-bond acceptors (Lipinski definition) is 3. The molecule has 0 saturated heterocycles. The second kappa shape index (κ2) is 5.17. The van der Waals surface area contributed by atoms with E-state index in [4.69, 9.17) is 22.1 Å². The number of nitrogens with zero attached hydrogens (tertiary/aromatic N) is 1. The first-order chi connectivity index (χ1) is 8.24. The SMILES string of the molecule is COc1ccc(Cl)cc1-c1cncc(CN)c1. The second-order valence-corrected chi connectivity index (χ2v) is 4.07. The first-order valence-corrected chi connectivity index (χ1v) is 5.60. The molecule has 0 bridgehead atoms. The minimum atomic E-state index is 0.462. The van der Waals surface area contributed by atoms with E-state index in [2.05, 4.69) is 4.98 Å². The predicted octanol–water partition coefficient (Wildman–Crippen LogP) is 2.87. The lowest BCUT2D eigenvalue weighted by molar-refractivity contribution is 0.416. The molecular weight excluding hydrogens is 236 g/mol. The van der Waals surface area contributed by atoms with Crippen molar-refractivity contribution < 1.29 is 4.74 Å². The van der Waals surface area contributed by atoms with Gasteiger partial charge in [-0.3, -0.25) is 4.98 Å². The quantitative estimate of drug-likeness (QED) is 0.909. The molecular formula is C13H13ClN2O. The van der Waals surface area contributed by atoms with Crippen molar-refractivity contribution in [3.05, 3.63) is 47.2 Å². The van der Waals surface area contributed by atoms with E-state index in [-0.39, 0.29) is 0 Å².